The molecule has 0 saturated carbocycles. The number of benzene rings is 1. The van der Waals surface area contributed by atoms with E-state index < -0.39 is 0 Å². The zero-order chi connectivity index (χ0) is 13.0. The van der Waals surface area contributed by atoms with Gasteiger partial charge in [0, 0.05) is 29.7 Å². The molecule has 3 nitrogen and oxygen atoms in total. The lowest BCUT2D eigenvalue weighted by atomic mass is 9.74. The molecule has 4 aliphatic heterocycles. The second-order valence-corrected chi connectivity index (χ2v) is 6.39. The Bertz CT molecular complexity index is 480. The largest absolute Gasteiger partial charge is 0.332 e. The summed E-state index contributed by atoms with van der Waals surface area (Å²) in [6, 6.07) is 10.3. The van der Waals surface area contributed by atoms with Gasteiger partial charge in [-0.1, -0.05) is 17.7 Å². The maximum absolute atomic E-state index is 12.8. The Morgan fingerprint density at radius 1 is 1.05 bits per heavy atom. The van der Waals surface area contributed by atoms with Crippen LogP contribution in [-0.2, 0) is 0 Å². The van der Waals surface area contributed by atoms with Crippen LogP contribution in [0.25, 0.3) is 0 Å². The van der Waals surface area contributed by atoms with E-state index >= 15 is 0 Å². The zero-order valence-electron chi connectivity index (χ0n) is 11.3. The van der Waals surface area contributed by atoms with Crippen molar-refractivity contribution in [3.63, 3.8) is 0 Å². The standard InChI is InChI=1S/C16H20N2O/c1-10-2-4-11(5-3-10)16(19)18-14-6-12-7-15(18)9-13(8-14)17-12/h2-5,12-15,17H,6-9H2,1H3. The van der Waals surface area contributed by atoms with E-state index in [-0.39, 0.29) is 5.91 Å². The molecule has 4 fully saturated rings. The minimum absolute atomic E-state index is 0.244. The van der Waals surface area contributed by atoms with Crippen LogP contribution < -0.4 is 5.32 Å². The molecular formula is C16H20N2O. The third-order valence-corrected chi connectivity index (χ3v) is 5.02. The second-order valence-electron chi connectivity index (χ2n) is 6.39. The lowest BCUT2D eigenvalue weighted by Crippen LogP contribution is -2.68. The molecule has 0 unspecified atom stereocenters. The number of hydrogen-bond acceptors (Lipinski definition) is 2. The Labute approximate surface area is 114 Å². The summed E-state index contributed by atoms with van der Waals surface area (Å²) in [6.07, 6.45) is 4.57. The molecule has 5 rings (SSSR count). The molecule has 0 aromatic heterocycles. The molecule has 100 valence electrons. The lowest BCUT2D eigenvalue weighted by Gasteiger charge is -2.56. The number of rotatable bonds is 1. The molecule has 4 bridgehead atoms. The molecule has 4 saturated heterocycles. The van der Waals surface area contributed by atoms with Gasteiger partial charge in [0.05, 0.1) is 0 Å². The molecule has 1 aromatic carbocycles. The smallest absolute Gasteiger partial charge is 0.254 e. The number of nitrogens with zero attached hydrogens (tertiary/aromatic N) is 1. The van der Waals surface area contributed by atoms with Gasteiger partial charge in [0.2, 0.25) is 0 Å². The van der Waals surface area contributed by atoms with Crippen molar-refractivity contribution < 1.29 is 4.79 Å². The van der Waals surface area contributed by atoms with Crippen molar-refractivity contribution in [2.75, 3.05) is 0 Å². The molecule has 0 atom stereocenters. The Kier molecular flexibility index (Phi) is 2.46. The van der Waals surface area contributed by atoms with Gasteiger partial charge in [0.1, 0.15) is 0 Å². The van der Waals surface area contributed by atoms with Gasteiger partial charge >= 0.3 is 0 Å². The van der Waals surface area contributed by atoms with E-state index in [9.17, 15) is 4.79 Å². The molecule has 4 aliphatic rings. The molecule has 1 amide bonds. The van der Waals surface area contributed by atoms with Gasteiger partial charge < -0.3 is 10.2 Å². The molecule has 0 aliphatic carbocycles. The Morgan fingerprint density at radius 2 is 1.58 bits per heavy atom. The van der Waals surface area contributed by atoms with E-state index in [0.717, 1.165) is 31.2 Å². The van der Waals surface area contributed by atoms with Crippen LogP contribution in [0.2, 0.25) is 0 Å². The normalized spacial score (nSPS) is 35.7. The number of carbonyl (C=O) groups is 1. The summed E-state index contributed by atoms with van der Waals surface area (Å²) in [5.74, 6) is 0.244. The van der Waals surface area contributed by atoms with Crippen LogP contribution in [0.5, 0.6) is 0 Å². The average molecular weight is 256 g/mol. The fraction of sp³-hybridized carbons (Fsp3) is 0.562. The molecule has 1 N–H and O–H groups in total. The van der Waals surface area contributed by atoms with Gasteiger partial charge in [-0.3, -0.25) is 4.79 Å². The maximum Gasteiger partial charge on any atom is 0.254 e. The topological polar surface area (TPSA) is 32.3 Å². The third-order valence-electron chi connectivity index (χ3n) is 5.02. The van der Waals surface area contributed by atoms with Crippen LogP contribution in [0.1, 0.15) is 41.6 Å². The highest BCUT2D eigenvalue weighted by atomic mass is 16.2. The summed E-state index contributed by atoms with van der Waals surface area (Å²) in [4.78, 5) is 14.9. The van der Waals surface area contributed by atoms with Crippen LogP contribution in [0.3, 0.4) is 0 Å². The summed E-state index contributed by atoms with van der Waals surface area (Å²) < 4.78 is 0. The van der Waals surface area contributed by atoms with Crippen LogP contribution in [-0.4, -0.2) is 35.0 Å². The van der Waals surface area contributed by atoms with Crippen molar-refractivity contribution in [1.29, 1.82) is 0 Å². The molecule has 1 aromatic rings. The van der Waals surface area contributed by atoms with Gasteiger partial charge in [0.15, 0.2) is 0 Å². The highest BCUT2D eigenvalue weighted by molar-refractivity contribution is 5.95. The van der Waals surface area contributed by atoms with Gasteiger partial charge in [-0.25, -0.2) is 0 Å². The number of aryl methyl sites for hydroxylation is 1. The quantitative estimate of drug-likeness (QED) is 0.834. The summed E-state index contributed by atoms with van der Waals surface area (Å²) in [7, 11) is 0. The second kappa shape index (κ2) is 4.07. The van der Waals surface area contributed by atoms with Crippen molar-refractivity contribution in [3.05, 3.63) is 35.4 Å². The fourth-order valence-electron chi connectivity index (χ4n) is 4.23. The number of carbonyl (C=O) groups excluding carboxylic acids is 1. The first-order chi connectivity index (χ1) is 9.20. The van der Waals surface area contributed by atoms with Gasteiger partial charge in [0.25, 0.3) is 5.91 Å². The van der Waals surface area contributed by atoms with E-state index in [1.807, 2.05) is 24.3 Å². The van der Waals surface area contributed by atoms with Crippen LogP contribution in [0.4, 0.5) is 0 Å². The fourth-order valence-corrected chi connectivity index (χ4v) is 4.23. The van der Waals surface area contributed by atoms with Gasteiger partial charge in [-0.15, -0.1) is 0 Å². The Morgan fingerprint density at radius 3 is 2.11 bits per heavy atom. The molecule has 0 radical (unpaired) electrons. The van der Waals surface area contributed by atoms with Gasteiger partial charge in [-0.05, 0) is 44.7 Å². The number of piperidine rings is 4. The monoisotopic (exact) mass is 256 g/mol. The molecule has 4 heterocycles. The SMILES string of the molecule is Cc1ccc(C(=O)N2C3CC4CC2CC(C3)N4)cc1. The summed E-state index contributed by atoms with van der Waals surface area (Å²) >= 11 is 0. The molecule has 3 heteroatoms. The first-order valence-corrected chi connectivity index (χ1v) is 7.36. The van der Waals surface area contributed by atoms with Crippen molar-refractivity contribution in [2.45, 2.75) is 56.8 Å². The van der Waals surface area contributed by atoms with E-state index in [1.54, 1.807) is 0 Å². The summed E-state index contributed by atoms with van der Waals surface area (Å²) in [5, 5.41) is 3.68. The van der Waals surface area contributed by atoms with Crippen LogP contribution in [0, 0.1) is 6.92 Å². The van der Waals surface area contributed by atoms with E-state index in [2.05, 4.69) is 17.1 Å². The highest BCUT2D eigenvalue weighted by Gasteiger charge is 2.48. The van der Waals surface area contributed by atoms with Crippen molar-refractivity contribution in [1.82, 2.24) is 10.2 Å². The third kappa shape index (κ3) is 1.79. The first kappa shape index (κ1) is 11.5. The van der Waals surface area contributed by atoms with Crippen molar-refractivity contribution in [3.8, 4) is 0 Å². The highest BCUT2D eigenvalue weighted by Crippen LogP contribution is 2.39. The van der Waals surface area contributed by atoms with E-state index in [0.29, 0.717) is 24.2 Å². The minimum Gasteiger partial charge on any atom is -0.332 e. The van der Waals surface area contributed by atoms with Crippen LogP contribution in [0.15, 0.2) is 24.3 Å². The average Bonchev–Trinajstić information content (AvgIpc) is 2.38. The summed E-state index contributed by atoms with van der Waals surface area (Å²) in [5.41, 5.74) is 2.06. The Balaban J connectivity index is 1.62. The van der Waals surface area contributed by atoms with Crippen molar-refractivity contribution in [2.24, 2.45) is 0 Å². The van der Waals surface area contributed by atoms with Crippen molar-refractivity contribution >= 4 is 5.91 Å². The van der Waals surface area contributed by atoms with E-state index in [1.165, 1.54) is 5.56 Å². The zero-order valence-corrected chi connectivity index (χ0v) is 11.3. The van der Waals surface area contributed by atoms with Gasteiger partial charge in [-0.2, -0.15) is 0 Å². The number of amides is 1. The summed E-state index contributed by atoms with van der Waals surface area (Å²) in [6.45, 7) is 2.06. The molecular weight excluding hydrogens is 236 g/mol. The maximum atomic E-state index is 12.8. The minimum atomic E-state index is 0.244. The Hall–Kier alpha value is -1.35. The molecule has 19 heavy (non-hydrogen) atoms. The lowest BCUT2D eigenvalue weighted by molar-refractivity contribution is -0.0172. The number of hydrogen-bond donors (Lipinski definition) is 1. The number of nitrogens with one attached hydrogen (secondary N) is 1. The molecule has 0 spiro atoms. The predicted octanol–water partition coefficient (Wildman–Crippen LogP) is 2.10. The van der Waals surface area contributed by atoms with Crippen LogP contribution >= 0.6 is 0 Å². The first-order valence-electron chi connectivity index (χ1n) is 7.36. The van der Waals surface area contributed by atoms with E-state index in [4.69, 9.17) is 0 Å². The predicted molar refractivity (Wildman–Crippen MR) is 74.1 cm³/mol.